The molecular weight excluding hydrogens is 452 g/mol. The first-order valence-corrected chi connectivity index (χ1v) is 11.0. The minimum Gasteiger partial charge on any atom is -0.347 e. The van der Waals surface area contributed by atoms with Gasteiger partial charge < -0.3 is 11.1 Å². The fourth-order valence-electron chi connectivity index (χ4n) is 4.33. The number of carbonyl (C=O) groups is 1. The molecule has 0 saturated heterocycles. The van der Waals surface area contributed by atoms with Gasteiger partial charge in [0.25, 0.3) is 0 Å². The second kappa shape index (κ2) is 8.77. The van der Waals surface area contributed by atoms with Crippen LogP contribution in [0.25, 0.3) is 5.78 Å². The summed E-state index contributed by atoms with van der Waals surface area (Å²) in [5.41, 5.74) is 6.48. The van der Waals surface area contributed by atoms with Crippen molar-refractivity contribution in [3.05, 3.63) is 29.6 Å². The number of nitrogens with one attached hydrogen (secondary N) is 1. The van der Waals surface area contributed by atoms with E-state index in [-0.39, 0.29) is 49.0 Å². The summed E-state index contributed by atoms with van der Waals surface area (Å²) < 4.78 is 80.2. The van der Waals surface area contributed by atoms with Gasteiger partial charge in [0.15, 0.2) is 0 Å². The van der Waals surface area contributed by atoms with Crippen molar-refractivity contribution < 1.29 is 31.1 Å². The number of carbonyl (C=O) groups excluding carboxylic acids is 1. The van der Waals surface area contributed by atoms with Crippen LogP contribution in [0.3, 0.4) is 0 Å². The van der Waals surface area contributed by atoms with E-state index in [0.29, 0.717) is 5.69 Å². The maximum absolute atomic E-state index is 15.0. The van der Waals surface area contributed by atoms with Gasteiger partial charge in [-0.05, 0) is 43.6 Å². The fourth-order valence-corrected chi connectivity index (χ4v) is 4.33. The molecule has 2 aliphatic carbocycles. The van der Waals surface area contributed by atoms with E-state index in [1.807, 2.05) is 0 Å². The van der Waals surface area contributed by atoms with Gasteiger partial charge in [-0.25, -0.2) is 18.7 Å². The number of fused-ring (bicyclic) bond motifs is 1. The number of imidazole rings is 1. The van der Waals surface area contributed by atoms with Gasteiger partial charge in [-0.2, -0.15) is 17.6 Å². The lowest BCUT2D eigenvalue weighted by Gasteiger charge is -2.31. The molecule has 2 aromatic heterocycles. The Labute approximate surface area is 185 Å². The number of halogens is 6. The van der Waals surface area contributed by atoms with Crippen LogP contribution in [0, 0.1) is 17.8 Å². The Morgan fingerprint density at radius 1 is 1.18 bits per heavy atom. The molecule has 0 spiro atoms. The number of aromatic nitrogens is 3. The molecule has 12 heteroatoms. The highest BCUT2D eigenvalue weighted by atomic mass is 19.4. The quantitative estimate of drug-likeness (QED) is 0.571. The third-order valence-corrected chi connectivity index (χ3v) is 6.43. The van der Waals surface area contributed by atoms with Gasteiger partial charge >= 0.3 is 6.18 Å². The summed E-state index contributed by atoms with van der Waals surface area (Å²) in [6.45, 7) is 0. The Morgan fingerprint density at radius 3 is 2.45 bits per heavy atom. The monoisotopic (exact) mass is 477 g/mol. The highest BCUT2D eigenvalue weighted by Gasteiger charge is 2.39. The normalized spacial score (nSPS) is 21.2. The molecule has 2 aromatic rings. The molecule has 182 valence electrons. The summed E-state index contributed by atoms with van der Waals surface area (Å²) in [6.07, 6.45) is -3.69. The average Bonchev–Trinajstić information content (AvgIpc) is 3.53. The van der Waals surface area contributed by atoms with Gasteiger partial charge in [0.2, 0.25) is 23.6 Å². The summed E-state index contributed by atoms with van der Waals surface area (Å²) in [5, 5.41) is 2.61. The molecule has 0 aromatic carbocycles. The molecule has 1 amide bonds. The van der Waals surface area contributed by atoms with E-state index in [2.05, 4.69) is 15.3 Å². The van der Waals surface area contributed by atoms with Crippen LogP contribution in [0.2, 0.25) is 0 Å². The molecule has 0 aliphatic heterocycles. The summed E-state index contributed by atoms with van der Waals surface area (Å²) in [4.78, 5) is 20.6. The summed E-state index contributed by atoms with van der Waals surface area (Å²) in [7, 11) is 0. The molecule has 6 nitrogen and oxygen atoms in total. The largest absolute Gasteiger partial charge is 0.389 e. The van der Waals surface area contributed by atoms with Crippen LogP contribution >= 0.6 is 0 Å². The van der Waals surface area contributed by atoms with Crippen LogP contribution in [-0.4, -0.2) is 32.4 Å². The minimum absolute atomic E-state index is 0.00761. The van der Waals surface area contributed by atoms with Crippen LogP contribution in [0.15, 0.2) is 12.3 Å². The molecule has 1 unspecified atom stereocenters. The molecule has 2 saturated carbocycles. The summed E-state index contributed by atoms with van der Waals surface area (Å²) in [5.74, 6) is -4.52. The van der Waals surface area contributed by atoms with Crippen molar-refractivity contribution in [1.29, 1.82) is 0 Å². The number of nitrogens with zero attached hydrogens (tertiary/aromatic N) is 3. The number of rotatable bonds is 7. The van der Waals surface area contributed by atoms with Crippen molar-refractivity contribution >= 4 is 11.7 Å². The van der Waals surface area contributed by atoms with Crippen molar-refractivity contribution in [2.75, 3.05) is 0 Å². The number of hydrogen-bond donors (Lipinski definition) is 2. The zero-order valence-corrected chi connectivity index (χ0v) is 17.7. The van der Waals surface area contributed by atoms with Crippen molar-refractivity contribution in [1.82, 2.24) is 19.7 Å². The van der Waals surface area contributed by atoms with E-state index in [9.17, 15) is 31.1 Å². The molecule has 2 aliphatic rings. The van der Waals surface area contributed by atoms with Crippen LogP contribution in [0.1, 0.15) is 74.8 Å². The number of nitrogens with two attached hydrogens (primary N) is 1. The van der Waals surface area contributed by atoms with E-state index in [1.54, 1.807) is 0 Å². The first-order chi connectivity index (χ1) is 15.4. The van der Waals surface area contributed by atoms with Gasteiger partial charge in [-0.1, -0.05) is 0 Å². The maximum atomic E-state index is 15.0. The van der Waals surface area contributed by atoms with Gasteiger partial charge in [-0.3, -0.25) is 9.20 Å². The zero-order valence-electron chi connectivity index (χ0n) is 17.7. The molecule has 2 heterocycles. The van der Waals surface area contributed by atoms with E-state index in [4.69, 9.17) is 5.73 Å². The van der Waals surface area contributed by atoms with Crippen LogP contribution in [-0.2, 0) is 4.79 Å². The smallest absolute Gasteiger partial charge is 0.347 e. The SMILES string of the molecule is NC(c1nc2nc([C@H](NC(=O)CCC(F)(F)F)C3CC3)ccn2c1F)C1CCC(F)(F)CC1. The highest BCUT2D eigenvalue weighted by Crippen LogP contribution is 2.42. The number of alkyl halides is 5. The summed E-state index contributed by atoms with van der Waals surface area (Å²) in [6, 6.07) is 0.0158. The van der Waals surface area contributed by atoms with E-state index >= 15 is 0 Å². The Kier molecular flexibility index (Phi) is 6.32. The third kappa shape index (κ3) is 5.59. The van der Waals surface area contributed by atoms with Gasteiger partial charge in [0.1, 0.15) is 5.69 Å². The van der Waals surface area contributed by atoms with Crippen molar-refractivity contribution in [2.24, 2.45) is 17.6 Å². The maximum Gasteiger partial charge on any atom is 0.389 e. The lowest BCUT2D eigenvalue weighted by atomic mass is 9.81. The second-order valence-corrected chi connectivity index (χ2v) is 9.03. The van der Waals surface area contributed by atoms with Crippen LogP contribution < -0.4 is 11.1 Å². The Hall–Kier alpha value is -2.37. The van der Waals surface area contributed by atoms with E-state index in [0.717, 1.165) is 17.2 Å². The van der Waals surface area contributed by atoms with Crippen LogP contribution in [0.5, 0.6) is 0 Å². The standard InChI is InChI=1S/C21H25F6N5O/c22-18-17(15(28)11-3-7-20(23,24)8-4-11)31-19-29-13(6-10-32(18)19)16(12-1-2-12)30-14(33)5-9-21(25,26)27/h6,10-12,15-16H,1-5,7-9,28H2,(H,30,33)/t15?,16-/m1/s1. The predicted molar refractivity (Wildman–Crippen MR) is 106 cm³/mol. The molecule has 2 fully saturated rings. The van der Waals surface area contributed by atoms with Gasteiger partial charge in [-0.15, -0.1) is 0 Å². The molecule has 3 N–H and O–H groups in total. The third-order valence-electron chi connectivity index (χ3n) is 6.43. The second-order valence-electron chi connectivity index (χ2n) is 9.03. The minimum atomic E-state index is -4.43. The molecule has 2 atom stereocenters. The highest BCUT2D eigenvalue weighted by molar-refractivity contribution is 5.76. The summed E-state index contributed by atoms with van der Waals surface area (Å²) >= 11 is 0. The predicted octanol–water partition coefficient (Wildman–Crippen LogP) is 4.60. The first kappa shape index (κ1) is 23.8. The van der Waals surface area contributed by atoms with Crippen LogP contribution in [0.4, 0.5) is 26.3 Å². The van der Waals surface area contributed by atoms with Gasteiger partial charge in [0.05, 0.1) is 24.2 Å². The lowest BCUT2D eigenvalue weighted by molar-refractivity contribution is -0.144. The molecule has 0 bridgehead atoms. The van der Waals surface area contributed by atoms with Gasteiger partial charge in [0, 0.05) is 25.5 Å². The zero-order chi connectivity index (χ0) is 24.0. The number of hydrogen-bond acceptors (Lipinski definition) is 4. The molecule has 33 heavy (non-hydrogen) atoms. The topological polar surface area (TPSA) is 85.3 Å². The van der Waals surface area contributed by atoms with E-state index in [1.165, 1.54) is 12.3 Å². The molecule has 0 radical (unpaired) electrons. The number of amides is 1. The molecular formula is C21H25F6N5O. The Balaban J connectivity index is 1.52. The lowest BCUT2D eigenvalue weighted by Crippen LogP contribution is -2.31. The Morgan fingerprint density at radius 2 is 1.85 bits per heavy atom. The van der Waals surface area contributed by atoms with Crippen molar-refractivity contribution in [3.8, 4) is 0 Å². The van der Waals surface area contributed by atoms with Crippen molar-refractivity contribution in [3.63, 3.8) is 0 Å². The molecule has 4 rings (SSSR count). The Bertz CT molecular complexity index is 1010. The first-order valence-electron chi connectivity index (χ1n) is 11.0. The fraction of sp³-hybridized carbons (Fsp3) is 0.667. The van der Waals surface area contributed by atoms with E-state index < -0.39 is 48.9 Å². The average molecular weight is 477 g/mol. The van der Waals surface area contributed by atoms with Crippen molar-refractivity contribution in [2.45, 2.75) is 75.5 Å².